The quantitative estimate of drug-likeness (QED) is 0.488. The van der Waals surface area contributed by atoms with Crippen LogP contribution in [0.4, 0.5) is 0 Å². The third-order valence-corrected chi connectivity index (χ3v) is 3.17. The summed E-state index contributed by atoms with van der Waals surface area (Å²) in [6.07, 6.45) is 6.78. The van der Waals surface area contributed by atoms with Crippen LogP contribution in [0.1, 0.15) is 37.2 Å². The lowest BCUT2D eigenvalue weighted by Gasteiger charge is -2.20. The van der Waals surface area contributed by atoms with Gasteiger partial charge in [0.25, 0.3) is 0 Å². The maximum Gasteiger partial charge on any atom is 0.191 e. The van der Waals surface area contributed by atoms with E-state index in [1.54, 1.807) is 6.20 Å². The summed E-state index contributed by atoms with van der Waals surface area (Å²) in [4.78, 5) is 15.0. The molecular weight excluding hydrogens is 353 g/mol. The average Bonchev–Trinajstić information content (AvgIpc) is 2.65. The summed E-state index contributed by atoms with van der Waals surface area (Å²) in [5.41, 5.74) is 6.95. The molecule has 1 aromatic heterocycles. The molecule has 0 unspecified atom stereocenters. The fraction of sp³-hybridized carbons (Fsp3) is 0.615. The van der Waals surface area contributed by atoms with E-state index in [0.29, 0.717) is 12.5 Å². The highest BCUT2D eigenvalue weighted by molar-refractivity contribution is 14.0. The van der Waals surface area contributed by atoms with Crippen LogP contribution < -0.4 is 5.73 Å². The van der Waals surface area contributed by atoms with Crippen LogP contribution in [0.15, 0.2) is 17.3 Å². The SMILES string of the molecule is Cc1nccc(CN=C(N)N2CCCCCC2)n1.I. The predicted octanol–water partition coefficient (Wildman–Crippen LogP) is 2.09. The number of nitrogens with zero attached hydrogens (tertiary/aromatic N) is 4. The standard InChI is InChI=1S/C13H21N5.HI/c1-11-15-7-6-12(17-11)10-16-13(14)18-8-4-2-3-5-9-18;/h6-7H,2-5,8-10H2,1H3,(H2,14,16);1H. The summed E-state index contributed by atoms with van der Waals surface area (Å²) in [7, 11) is 0. The molecule has 0 saturated carbocycles. The van der Waals surface area contributed by atoms with Crippen LogP contribution in [0.2, 0.25) is 0 Å². The Hall–Kier alpha value is -0.920. The zero-order valence-corrected chi connectivity index (χ0v) is 13.7. The van der Waals surface area contributed by atoms with Gasteiger partial charge in [-0.25, -0.2) is 15.0 Å². The van der Waals surface area contributed by atoms with Crippen LogP contribution in [-0.4, -0.2) is 33.9 Å². The maximum absolute atomic E-state index is 6.04. The highest BCUT2D eigenvalue weighted by Gasteiger charge is 2.10. The fourth-order valence-electron chi connectivity index (χ4n) is 2.15. The summed E-state index contributed by atoms with van der Waals surface area (Å²) in [6, 6.07) is 1.88. The minimum atomic E-state index is 0. The van der Waals surface area contributed by atoms with Crippen molar-refractivity contribution in [3.05, 3.63) is 23.8 Å². The lowest BCUT2D eigenvalue weighted by atomic mass is 10.2. The average molecular weight is 375 g/mol. The highest BCUT2D eigenvalue weighted by atomic mass is 127. The Morgan fingerprint density at radius 2 is 2.00 bits per heavy atom. The smallest absolute Gasteiger partial charge is 0.191 e. The zero-order chi connectivity index (χ0) is 12.8. The van der Waals surface area contributed by atoms with Gasteiger partial charge in [0.15, 0.2) is 5.96 Å². The van der Waals surface area contributed by atoms with E-state index in [2.05, 4.69) is 19.9 Å². The van der Waals surface area contributed by atoms with Crippen LogP contribution >= 0.6 is 24.0 Å². The Kier molecular flexibility index (Phi) is 7.04. The van der Waals surface area contributed by atoms with Crippen LogP contribution in [-0.2, 0) is 6.54 Å². The van der Waals surface area contributed by atoms with Gasteiger partial charge in [-0.05, 0) is 25.8 Å². The van der Waals surface area contributed by atoms with E-state index in [0.717, 1.165) is 24.6 Å². The Morgan fingerprint density at radius 3 is 2.63 bits per heavy atom. The van der Waals surface area contributed by atoms with Crippen LogP contribution in [0, 0.1) is 6.92 Å². The summed E-state index contributed by atoms with van der Waals surface area (Å²) in [5.74, 6) is 1.42. The molecule has 0 bridgehead atoms. The molecule has 5 nitrogen and oxygen atoms in total. The number of guanidine groups is 1. The van der Waals surface area contributed by atoms with E-state index in [4.69, 9.17) is 5.73 Å². The highest BCUT2D eigenvalue weighted by Crippen LogP contribution is 2.09. The Bertz CT molecular complexity index is 413. The Labute approximate surface area is 131 Å². The molecule has 2 rings (SSSR count). The van der Waals surface area contributed by atoms with Crippen molar-refractivity contribution < 1.29 is 0 Å². The Balaban J connectivity index is 0.00000180. The van der Waals surface area contributed by atoms with E-state index in [9.17, 15) is 0 Å². The van der Waals surface area contributed by atoms with Crippen molar-refractivity contribution in [3.63, 3.8) is 0 Å². The normalized spacial score (nSPS) is 16.7. The number of aryl methyl sites for hydroxylation is 1. The Morgan fingerprint density at radius 1 is 1.32 bits per heavy atom. The van der Waals surface area contributed by atoms with Gasteiger partial charge in [-0.3, -0.25) is 0 Å². The second-order valence-electron chi connectivity index (χ2n) is 4.67. The van der Waals surface area contributed by atoms with Crippen LogP contribution in [0.3, 0.4) is 0 Å². The molecule has 1 aliphatic heterocycles. The van der Waals surface area contributed by atoms with Crippen molar-refractivity contribution in [2.75, 3.05) is 13.1 Å². The molecule has 1 saturated heterocycles. The number of aromatic nitrogens is 2. The van der Waals surface area contributed by atoms with Gasteiger partial charge >= 0.3 is 0 Å². The third-order valence-electron chi connectivity index (χ3n) is 3.17. The van der Waals surface area contributed by atoms with Gasteiger partial charge in [0.1, 0.15) is 5.82 Å². The van der Waals surface area contributed by atoms with E-state index in [1.807, 2.05) is 13.0 Å². The summed E-state index contributed by atoms with van der Waals surface area (Å²) in [6.45, 7) is 4.47. The van der Waals surface area contributed by atoms with E-state index in [1.165, 1.54) is 25.7 Å². The van der Waals surface area contributed by atoms with Gasteiger partial charge in [-0.2, -0.15) is 0 Å². The summed E-state index contributed by atoms with van der Waals surface area (Å²) >= 11 is 0. The van der Waals surface area contributed by atoms with Gasteiger partial charge in [0.2, 0.25) is 0 Å². The number of rotatable bonds is 2. The van der Waals surface area contributed by atoms with Crippen molar-refractivity contribution in [1.82, 2.24) is 14.9 Å². The molecule has 1 aromatic rings. The summed E-state index contributed by atoms with van der Waals surface area (Å²) < 4.78 is 0. The third kappa shape index (κ3) is 5.30. The molecule has 19 heavy (non-hydrogen) atoms. The first-order chi connectivity index (χ1) is 8.75. The fourth-order valence-corrected chi connectivity index (χ4v) is 2.15. The minimum Gasteiger partial charge on any atom is -0.370 e. The number of hydrogen-bond donors (Lipinski definition) is 1. The van der Waals surface area contributed by atoms with Crippen molar-refractivity contribution in [2.24, 2.45) is 10.7 Å². The second-order valence-corrected chi connectivity index (χ2v) is 4.67. The molecule has 0 aliphatic carbocycles. The molecule has 0 atom stereocenters. The molecule has 6 heteroatoms. The number of likely N-dealkylation sites (tertiary alicyclic amines) is 1. The van der Waals surface area contributed by atoms with Crippen molar-refractivity contribution in [3.8, 4) is 0 Å². The van der Waals surface area contributed by atoms with E-state index >= 15 is 0 Å². The topological polar surface area (TPSA) is 67.4 Å². The van der Waals surface area contributed by atoms with Crippen molar-refractivity contribution in [1.29, 1.82) is 0 Å². The number of nitrogens with two attached hydrogens (primary N) is 1. The monoisotopic (exact) mass is 375 g/mol. The molecule has 2 N–H and O–H groups in total. The molecule has 2 heterocycles. The number of aliphatic imine (C=N–C) groups is 1. The van der Waals surface area contributed by atoms with Crippen LogP contribution in [0.5, 0.6) is 0 Å². The molecule has 0 amide bonds. The predicted molar refractivity (Wildman–Crippen MR) is 87.6 cm³/mol. The van der Waals surface area contributed by atoms with Crippen LogP contribution in [0.25, 0.3) is 0 Å². The first kappa shape index (κ1) is 16.1. The maximum atomic E-state index is 6.04. The minimum absolute atomic E-state index is 0. The number of halogens is 1. The molecule has 0 spiro atoms. The van der Waals surface area contributed by atoms with Gasteiger partial charge in [-0.1, -0.05) is 12.8 Å². The van der Waals surface area contributed by atoms with Gasteiger partial charge in [0, 0.05) is 19.3 Å². The van der Waals surface area contributed by atoms with Gasteiger partial charge < -0.3 is 10.6 Å². The zero-order valence-electron chi connectivity index (χ0n) is 11.4. The molecule has 1 fully saturated rings. The molecule has 106 valence electrons. The lowest BCUT2D eigenvalue weighted by molar-refractivity contribution is 0.428. The molecule has 0 aromatic carbocycles. The first-order valence-corrected chi connectivity index (χ1v) is 6.59. The second kappa shape index (κ2) is 8.29. The van der Waals surface area contributed by atoms with E-state index < -0.39 is 0 Å². The van der Waals surface area contributed by atoms with Crippen molar-refractivity contribution in [2.45, 2.75) is 39.2 Å². The lowest BCUT2D eigenvalue weighted by Crippen LogP contribution is -2.38. The van der Waals surface area contributed by atoms with Gasteiger partial charge in [0.05, 0.1) is 12.2 Å². The molecule has 1 aliphatic rings. The summed E-state index contributed by atoms with van der Waals surface area (Å²) in [5, 5.41) is 0. The van der Waals surface area contributed by atoms with Crippen molar-refractivity contribution >= 4 is 29.9 Å². The molecular formula is C13H22IN5. The van der Waals surface area contributed by atoms with E-state index in [-0.39, 0.29) is 24.0 Å². The van der Waals surface area contributed by atoms with Gasteiger partial charge in [-0.15, -0.1) is 24.0 Å². The molecule has 0 radical (unpaired) electrons. The first-order valence-electron chi connectivity index (χ1n) is 6.59. The largest absolute Gasteiger partial charge is 0.370 e. The number of hydrogen-bond acceptors (Lipinski definition) is 3.